The van der Waals surface area contributed by atoms with Crippen LogP contribution in [-0.2, 0) is 9.59 Å². The van der Waals surface area contributed by atoms with Crippen LogP contribution in [0.3, 0.4) is 0 Å². The minimum absolute atomic E-state index is 0.0718. The van der Waals surface area contributed by atoms with E-state index < -0.39 is 11.8 Å². The van der Waals surface area contributed by atoms with Gasteiger partial charge >= 0.3 is 0 Å². The number of anilines is 2. The van der Waals surface area contributed by atoms with Crippen LogP contribution in [0.2, 0.25) is 0 Å². The number of aromatic nitrogens is 1. The third kappa shape index (κ3) is 7.65. The standard InChI is InChI=1S/C30H26N4O3S/c1-21-9-5-6-15-26(21)33-28(35)20-38-25-14-7-13-24(18-25)32-30(37)27(17-22-10-8-16-31-19-22)34-29(36)23-11-3-2-4-12-23/h2-19H,20H2,1H3,(H,32,37)(H,33,35)(H,34,36)/b27-17-. The normalized spacial score (nSPS) is 10.9. The molecule has 3 amide bonds. The molecule has 0 aliphatic rings. The van der Waals surface area contributed by atoms with Gasteiger partial charge in [0.05, 0.1) is 5.75 Å². The lowest BCUT2D eigenvalue weighted by Gasteiger charge is -2.12. The minimum atomic E-state index is -0.488. The summed E-state index contributed by atoms with van der Waals surface area (Å²) in [7, 11) is 0. The molecule has 8 heteroatoms. The van der Waals surface area contributed by atoms with Crippen molar-refractivity contribution in [1.82, 2.24) is 10.3 Å². The molecule has 0 spiro atoms. The Labute approximate surface area is 225 Å². The average molecular weight is 523 g/mol. The van der Waals surface area contributed by atoms with E-state index in [1.165, 1.54) is 11.8 Å². The molecule has 4 rings (SSSR count). The molecule has 0 radical (unpaired) electrons. The smallest absolute Gasteiger partial charge is 0.272 e. The Hall–Kier alpha value is -4.69. The van der Waals surface area contributed by atoms with E-state index >= 15 is 0 Å². The van der Waals surface area contributed by atoms with Gasteiger partial charge in [-0.05, 0) is 66.6 Å². The number of para-hydroxylation sites is 1. The minimum Gasteiger partial charge on any atom is -0.325 e. The van der Waals surface area contributed by atoms with Crippen LogP contribution in [0.25, 0.3) is 6.08 Å². The SMILES string of the molecule is Cc1ccccc1NC(=O)CSc1cccc(NC(=O)/C(=C/c2cccnc2)NC(=O)c2ccccc2)c1. The van der Waals surface area contributed by atoms with Gasteiger partial charge in [-0.25, -0.2) is 0 Å². The molecule has 3 N–H and O–H groups in total. The van der Waals surface area contributed by atoms with E-state index in [9.17, 15) is 14.4 Å². The van der Waals surface area contributed by atoms with Crippen molar-refractivity contribution in [3.63, 3.8) is 0 Å². The molecule has 0 bridgehead atoms. The molecule has 0 saturated heterocycles. The van der Waals surface area contributed by atoms with E-state index in [2.05, 4.69) is 20.9 Å². The molecule has 0 fully saturated rings. The second-order valence-corrected chi connectivity index (χ2v) is 9.35. The molecule has 1 heterocycles. The van der Waals surface area contributed by atoms with Crippen molar-refractivity contribution in [2.24, 2.45) is 0 Å². The zero-order valence-corrected chi connectivity index (χ0v) is 21.5. The van der Waals surface area contributed by atoms with Gasteiger partial charge in [0.2, 0.25) is 5.91 Å². The zero-order valence-electron chi connectivity index (χ0n) is 20.7. The van der Waals surface area contributed by atoms with E-state index in [0.717, 1.165) is 16.1 Å². The van der Waals surface area contributed by atoms with Crippen LogP contribution in [0.4, 0.5) is 11.4 Å². The third-order valence-corrected chi connectivity index (χ3v) is 6.40. The summed E-state index contributed by atoms with van der Waals surface area (Å²) in [5.41, 5.74) is 3.47. The molecule has 4 aromatic rings. The second-order valence-electron chi connectivity index (χ2n) is 8.30. The highest BCUT2D eigenvalue weighted by atomic mass is 32.2. The number of hydrogen-bond acceptors (Lipinski definition) is 5. The largest absolute Gasteiger partial charge is 0.325 e. The van der Waals surface area contributed by atoms with Crippen molar-refractivity contribution in [3.8, 4) is 0 Å². The van der Waals surface area contributed by atoms with Gasteiger partial charge in [0.1, 0.15) is 5.70 Å². The first-order valence-corrected chi connectivity index (χ1v) is 12.8. The number of thioether (sulfide) groups is 1. The monoisotopic (exact) mass is 522 g/mol. The van der Waals surface area contributed by atoms with Gasteiger partial charge in [0, 0.05) is 34.2 Å². The lowest BCUT2D eigenvalue weighted by Crippen LogP contribution is -2.30. The number of carbonyl (C=O) groups excluding carboxylic acids is 3. The van der Waals surface area contributed by atoms with Crippen molar-refractivity contribution in [2.45, 2.75) is 11.8 Å². The number of aryl methyl sites for hydroxylation is 1. The number of hydrogen-bond donors (Lipinski definition) is 3. The Morgan fingerprint density at radius 1 is 0.868 bits per heavy atom. The van der Waals surface area contributed by atoms with Crippen molar-refractivity contribution < 1.29 is 14.4 Å². The van der Waals surface area contributed by atoms with E-state index in [1.807, 2.05) is 43.3 Å². The Morgan fingerprint density at radius 2 is 1.66 bits per heavy atom. The molecule has 0 saturated carbocycles. The predicted octanol–water partition coefficient (Wildman–Crippen LogP) is 5.53. The molecule has 0 atom stereocenters. The van der Waals surface area contributed by atoms with E-state index in [0.29, 0.717) is 16.8 Å². The number of amides is 3. The predicted molar refractivity (Wildman–Crippen MR) is 152 cm³/mol. The third-order valence-electron chi connectivity index (χ3n) is 5.41. The molecule has 0 aliphatic heterocycles. The Balaban J connectivity index is 1.43. The van der Waals surface area contributed by atoms with E-state index in [-0.39, 0.29) is 17.4 Å². The van der Waals surface area contributed by atoms with Crippen LogP contribution in [0.1, 0.15) is 21.5 Å². The van der Waals surface area contributed by atoms with Crippen LogP contribution < -0.4 is 16.0 Å². The fourth-order valence-corrected chi connectivity index (χ4v) is 4.24. The van der Waals surface area contributed by atoms with Gasteiger partial charge in [-0.15, -0.1) is 11.8 Å². The fraction of sp³-hybridized carbons (Fsp3) is 0.0667. The molecular weight excluding hydrogens is 496 g/mol. The quantitative estimate of drug-likeness (QED) is 0.198. The van der Waals surface area contributed by atoms with E-state index in [1.54, 1.807) is 73.1 Å². The second kappa shape index (κ2) is 13.0. The van der Waals surface area contributed by atoms with Gasteiger partial charge in [-0.1, -0.05) is 48.5 Å². The molecule has 3 aromatic carbocycles. The molecular formula is C30H26N4O3S. The maximum Gasteiger partial charge on any atom is 0.272 e. The summed E-state index contributed by atoms with van der Waals surface area (Å²) < 4.78 is 0. The highest BCUT2D eigenvalue weighted by Crippen LogP contribution is 2.23. The van der Waals surface area contributed by atoms with Crippen molar-refractivity contribution in [3.05, 3.63) is 126 Å². The summed E-state index contributed by atoms with van der Waals surface area (Å²) in [6.45, 7) is 1.94. The summed E-state index contributed by atoms with van der Waals surface area (Å²) in [5.74, 6) is -0.799. The van der Waals surface area contributed by atoms with Crippen LogP contribution in [0, 0.1) is 6.92 Å². The van der Waals surface area contributed by atoms with Gasteiger partial charge in [-0.2, -0.15) is 0 Å². The summed E-state index contributed by atoms with van der Waals surface area (Å²) in [5, 5.41) is 8.46. The first kappa shape index (κ1) is 26.4. The van der Waals surface area contributed by atoms with Crippen LogP contribution in [0.15, 0.2) is 114 Å². The number of carbonyl (C=O) groups is 3. The maximum atomic E-state index is 13.2. The molecule has 0 aliphatic carbocycles. The van der Waals surface area contributed by atoms with Gasteiger partial charge in [0.25, 0.3) is 11.8 Å². The molecule has 190 valence electrons. The molecule has 38 heavy (non-hydrogen) atoms. The maximum absolute atomic E-state index is 13.2. The number of rotatable bonds is 9. The summed E-state index contributed by atoms with van der Waals surface area (Å²) in [4.78, 5) is 43.3. The lowest BCUT2D eigenvalue weighted by atomic mass is 10.2. The van der Waals surface area contributed by atoms with Crippen molar-refractivity contribution in [2.75, 3.05) is 16.4 Å². The molecule has 1 aromatic heterocycles. The van der Waals surface area contributed by atoms with Crippen LogP contribution >= 0.6 is 11.8 Å². The van der Waals surface area contributed by atoms with Crippen molar-refractivity contribution >= 4 is 46.9 Å². The lowest BCUT2D eigenvalue weighted by molar-refractivity contribution is -0.114. The van der Waals surface area contributed by atoms with Crippen molar-refractivity contribution in [1.29, 1.82) is 0 Å². The number of nitrogens with zero attached hydrogens (tertiary/aromatic N) is 1. The van der Waals surface area contributed by atoms with E-state index in [4.69, 9.17) is 0 Å². The number of benzene rings is 3. The van der Waals surface area contributed by atoms with Gasteiger partial charge in [-0.3, -0.25) is 19.4 Å². The Bertz CT molecular complexity index is 1460. The molecule has 0 unspecified atom stereocenters. The van der Waals surface area contributed by atoms with Gasteiger partial charge in [0.15, 0.2) is 0 Å². The van der Waals surface area contributed by atoms with Crippen LogP contribution in [-0.4, -0.2) is 28.5 Å². The molecule has 7 nitrogen and oxygen atoms in total. The summed E-state index contributed by atoms with van der Waals surface area (Å²) >= 11 is 1.36. The fourth-order valence-electron chi connectivity index (χ4n) is 3.48. The Morgan fingerprint density at radius 3 is 2.42 bits per heavy atom. The first-order chi connectivity index (χ1) is 18.5. The summed E-state index contributed by atoms with van der Waals surface area (Å²) in [6, 6.07) is 27.0. The topological polar surface area (TPSA) is 100 Å². The Kier molecular flexibility index (Phi) is 9.04. The number of pyridine rings is 1. The first-order valence-electron chi connectivity index (χ1n) is 11.9. The van der Waals surface area contributed by atoms with Crippen LogP contribution in [0.5, 0.6) is 0 Å². The average Bonchev–Trinajstić information content (AvgIpc) is 2.94. The zero-order chi connectivity index (χ0) is 26.7. The summed E-state index contributed by atoms with van der Waals surface area (Å²) in [6.07, 6.45) is 4.79. The number of nitrogens with one attached hydrogen (secondary N) is 3. The highest BCUT2D eigenvalue weighted by molar-refractivity contribution is 8.00. The highest BCUT2D eigenvalue weighted by Gasteiger charge is 2.15. The van der Waals surface area contributed by atoms with Gasteiger partial charge < -0.3 is 16.0 Å².